The van der Waals surface area contributed by atoms with Gasteiger partial charge in [-0.05, 0) is 25.1 Å². The Morgan fingerprint density at radius 3 is 2.69 bits per heavy atom. The minimum absolute atomic E-state index is 0.0484. The van der Waals surface area contributed by atoms with E-state index in [9.17, 15) is 9.00 Å². The summed E-state index contributed by atoms with van der Waals surface area (Å²) in [6.07, 6.45) is 1.44. The van der Waals surface area contributed by atoms with Crippen LogP contribution >= 0.6 is 0 Å². The first-order chi connectivity index (χ1) is 6.20. The summed E-state index contributed by atoms with van der Waals surface area (Å²) in [5, 5.41) is 0. The Morgan fingerprint density at radius 1 is 1.23 bits per heavy atom. The van der Waals surface area contributed by atoms with Crippen LogP contribution in [0.3, 0.4) is 0 Å². The molecule has 1 heterocycles. The molecule has 1 unspecified atom stereocenters. The maximum atomic E-state index is 11.7. The van der Waals surface area contributed by atoms with Crippen molar-refractivity contribution in [1.82, 2.24) is 0 Å². The van der Waals surface area contributed by atoms with Crippen molar-refractivity contribution in [2.24, 2.45) is 0 Å². The molecule has 1 aliphatic rings. The van der Waals surface area contributed by atoms with Crippen molar-refractivity contribution in [3.8, 4) is 0 Å². The zero-order chi connectivity index (χ0) is 9.42. The summed E-state index contributed by atoms with van der Waals surface area (Å²) in [7, 11) is -1.14. The number of hydrogen-bond donors (Lipinski definition) is 0. The largest absolute Gasteiger partial charge is 0.289 e. The van der Waals surface area contributed by atoms with Gasteiger partial charge in [0.2, 0.25) is 0 Å². The monoisotopic (exact) mass is 192 g/mol. The molecule has 2 nitrogen and oxygen atoms in total. The predicted octanol–water partition coefficient (Wildman–Crippen LogP) is 1.89. The topological polar surface area (TPSA) is 34.1 Å². The van der Waals surface area contributed by atoms with Crippen molar-refractivity contribution in [2.75, 3.05) is 0 Å². The number of fused-ring (bicyclic) bond motifs is 1. The van der Waals surface area contributed by atoms with E-state index >= 15 is 0 Å². The highest BCUT2D eigenvalue weighted by Crippen LogP contribution is 2.24. The van der Waals surface area contributed by atoms with Gasteiger partial charge in [-0.25, -0.2) is 4.21 Å². The standard InChI is InChI=1S/C10H8O2S/c1-7-6-9(11)8-4-2-3-5-10(8)13(7)12/h2-6H,1H3. The molecule has 0 amide bonds. The molecule has 0 N–H and O–H groups in total. The van der Waals surface area contributed by atoms with Crippen molar-refractivity contribution in [3.63, 3.8) is 0 Å². The smallest absolute Gasteiger partial charge is 0.187 e. The summed E-state index contributed by atoms with van der Waals surface area (Å²) in [6.45, 7) is 1.71. The van der Waals surface area contributed by atoms with Crippen LogP contribution in [0.15, 0.2) is 40.1 Å². The van der Waals surface area contributed by atoms with Crippen molar-refractivity contribution >= 4 is 16.6 Å². The van der Waals surface area contributed by atoms with Crippen LogP contribution in [0.5, 0.6) is 0 Å². The highest BCUT2D eigenvalue weighted by Gasteiger charge is 2.20. The number of carbonyl (C=O) groups excluding carboxylic acids is 1. The number of hydrogen-bond acceptors (Lipinski definition) is 2. The summed E-state index contributed by atoms with van der Waals surface area (Å²) in [4.78, 5) is 12.7. The van der Waals surface area contributed by atoms with Crippen LogP contribution in [-0.2, 0) is 10.8 Å². The van der Waals surface area contributed by atoms with E-state index in [2.05, 4.69) is 0 Å². The predicted molar refractivity (Wildman–Crippen MR) is 50.9 cm³/mol. The normalized spacial score (nSPS) is 20.8. The first-order valence-corrected chi connectivity index (χ1v) is 5.08. The summed E-state index contributed by atoms with van der Waals surface area (Å²) in [6, 6.07) is 7.02. The molecule has 0 spiro atoms. The Balaban J connectivity index is 2.69. The highest BCUT2D eigenvalue weighted by molar-refractivity contribution is 7.89. The van der Waals surface area contributed by atoms with Crippen LogP contribution in [0, 0.1) is 0 Å². The van der Waals surface area contributed by atoms with Crippen molar-refractivity contribution < 1.29 is 9.00 Å². The number of carbonyl (C=O) groups is 1. The van der Waals surface area contributed by atoms with E-state index in [4.69, 9.17) is 0 Å². The van der Waals surface area contributed by atoms with E-state index in [-0.39, 0.29) is 5.78 Å². The third-order valence-electron chi connectivity index (χ3n) is 1.98. The minimum atomic E-state index is -1.14. The van der Waals surface area contributed by atoms with Gasteiger partial charge in [-0.2, -0.15) is 0 Å². The van der Waals surface area contributed by atoms with Crippen LogP contribution in [-0.4, -0.2) is 9.99 Å². The van der Waals surface area contributed by atoms with Crippen molar-refractivity contribution in [1.29, 1.82) is 0 Å². The molecule has 0 radical (unpaired) electrons. The molecular formula is C10H8O2S. The summed E-state index contributed by atoms with van der Waals surface area (Å²) in [5.41, 5.74) is 0.562. The fourth-order valence-corrected chi connectivity index (χ4v) is 2.45. The summed E-state index contributed by atoms with van der Waals surface area (Å²) < 4.78 is 11.7. The van der Waals surface area contributed by atoms with Crippen molar-refractivity contribution in [3.05, 3.63) is 40.8 Å². The number of allylic oxidation sites excluding steroid dienone is 2. The Hall–Kier alpha value is -1.22. The van der Waals surface area contributed by atoms with Crippen LogP contribution < -0.4 is 0 Å². The Labute approximate surface area is 78.7 Å². The second-order valence-electron chi connectivity index (χ2n) is 2.88. The maximum absolute atomic E-state index is 11.7. The fraction of sp³-hybridized carbons (Fsp3) is 0.100. The third-order valence-corrected chi connectivity index (χ3v) is 3.44. The quantitative estimate of drug-likeness (QED) is 0.629. The molecule has 13 heavy (non-hydrogen) atoms. The number of rotatable bonds is 0. The molecule has 0 aliphatic carbocycles. The van der Waals surface area contributed by atoms with Gasteiger partial charge in [0.05, 0.1) is 15.7 Å². The van der Waals surface area contributed by atoms with Crippen molar-refractivity contribution in [2.45, 2.75) is 11.8 Å². The lowest BCUT2D eigenvalue weighted by Gasteiger charge is -2.11. The SMILES string of the molecule is CC1=CC(=O)c2ccccc2S1=O. The molecular weight excluding hydrogens is 184 g/mol. The molecule has 0 fully saturated rings. The molecule has 1 aromatic carbocycles. The second kappa shape index (κ2) is 2.92. The van der Waals surface area contributed by atoms with Gasteiger partial charge in [0.1, 0.15) is 0 Å². The van der Waals surface area contributed by atoms with Crippen LogP contribution in [0.4, 0.5) is 0 Å². The third kappa shape index (κ3) is 1.25. The molecule has 1 aliphatic heterocycles. The first-order valence-electron chi connectivity index (χ1n) is 3.93. The van der Waals surface area contributed by atoms with Crippen LogP contribution in [0.1, 0.15) is 17.3 Å². The van der Waals surface area contributed by atoms with E-state index in [1.165, 1.54) is 6.08 Å². The Kier molecular flexibility index (Phi) is 1.88. The van der Waals surface area contributed by atoms with E-state index < -0.39 is 10.8 Å². The lowest BCUT2D eigenvalue weighted by Crippen LogP contribution is -2.10. The number of ketones is 1. The molecule has 1 atom stereocenters. The summed E-state index contributed by atoms with van der Waals surface area (Å²) in [5.74, 6) is -0.0484. The van der Waals surface area contributed by atoms with Gasteiger partial charge in [-0.15, -0.1) is 0 Å². The van der Waals surface area contributed by atoms with E-state index in [0.717, 1.165) is 0 Å². The molecule has 66 valence electrons. The Morgan fingerprint density at radius 2 is 1.92 bits per heavy atom. The fourth-order valence-electron chi connectivity index (χ4n) is 1.32. The van der Waals surface area contributed by atoms with E-state index in [1.807, 2.05) is 0 Å². The van der Waals surface area contributed by atoms with Gasteiger partial charge in [-0.1, -0.05) is 12.1 Å². The van der Waals surface area contributed by atoms with Gasteiger partial charge in [-0.3, -0.25) is 4.79 Å². The van der Waals surface area contributed by atoms with Gasteiger partial charge in [0.15, 0.2) is 5.78 Å². The zero-order valence-corrected chi connectivity index (χ0v) is 7.93. The first kappa shape index (κ1) is 8.38. The number of benzene rings is 1. The molecule has 0 aromatic heterocycles. The van der Waals surface area contributed by atoms with Gasteiger partial charge < -0.3 is 0 Å². The van der Waals surface area contributed by atoms with Crippen LogP contribution in [0.25, 0.3) is 0 Å². The van der Waals surface area contributed by atoms with E-state index in [0.29, 0.717) is 15.4 Å². The van der Waals surface area contributed by atoms with Gasteiger partial charge in [0.25, 0.3) is 0 Å². The molecule has 3 heteroatoms. The Bertz CT molecular complexity index is 432. The van der Waals surface area contributed by atoms with Gasteiger partial charge >= 0.3 is 0 Å². The van der Waals surface area contributed by atoms with Gasteiger partial charge in [0, 0.05) is 10.5 Å². The average molecular weight is 192 g/mol. The maximum Gasteiger partial charge on any atom is 0.187 e. The lowest BCUT2D eigenvalue weighted by molar-refractivity contribution is 0.104. The second-order valence-corrected chi connectivity index (χ2v) is 4.51. The van der Waals surface area contributed by atoms with E-state index in [1.54, 1.807) is 31.2 Å². The molecule has 1 aromatic rings. The lowest BCUT2D eigenvalue weighted by atomic mass is 10.1. The summed E-state index contributed by atoms with van der Waals surface area (Å²) >= 11 is 0. The molecule has 2 rings (SSSR count). The highest BCUT2D eigenvalue weighted by atomic mass is 32.2. The zero-order valence-electron chi connectivity index (χ0n) is 7.11. The average Bonchev–Trinajstić information content (AvgIpc) is 2.15. The molecule has 0 bridgehead atoms. The minimum Gasteiger partial charge on any atom is -0.289 e. The molecule has 0 saturated heterocycles. The van der Waals surface area contributed by atoms with Crippen LogP contribution in [0.2, 0.25) is 0 Å². The molecule has 0 saturated carbocycles.